The summed E-state index contributed by atoms with van der Waals surface area (Å²) < 4.78 is 86.9. The Kier molecular flexibility index (Phi) is 3.45. The van der Waals surface area contributed by atoms with Crippen LogP contribution in [0.3, 0.4) is 0 Å². The van der Waals surface area contributed by atoms with Gasteiger partial charge in [0.25, 0.3) is 0 Å². The Labute approximate surface area is 95.0 Å². The molecule has 0 bridgehead atoms. The van der Waals surface area contributed by atoms with Crippen LogP contribution in [0.5, 0.6) is 0 Å². The van der Waals surface area contributed by atoms with Gasteiger partial charge >= 0.3 is 18.0 Å². The van der Waals surface area contributed by atoms with Crippen LogP contribution in [0.25, 0.3) is 0 Å². The molecule has 1 aromatic rings. The van der Waals surface area contributed by atoms with Gasteiger partial charge in [0.05, 0.1) is 0 Å². The fourth-order valence-corrected chi connectivity index (χ4v) is 1.74. The first-order valence-corrected chi connectivity index (χ1v) is 5.06. The molecular formula is C8H6F7NS. The monoisotopic (exact) mass is 281 g/mol. The van der Waals surface area contributed by atoms with Crippen LogP contribution in [0, 0.1) is 0 Å². The zero-order chi connectivity index (χ0) is 13.5. The van der Waals surface area contributed by atoms with E-state index >= 15 is 0 Å². The zero-order valence-electron chi connectivity index (χ0n) is 7.94. The van der Waals surface area contributed by atoms with Crippen molar-refractivity contribution in [2.75, 3.05) is 0 Å². The number of halogens is 7. The summed E-state index contributed by atoms with van der Waals surface area (Å²) in [6, 6.07) is -1.75. The highest BCUT2D eigenvalue weighted by Crippen LogP contribution is 2.51. The molecule has 0 spiro atoms. The summed E-state index contributed by atoms with van der Waals surface area (Å²) in [4.78, 5) is 0. The lowest BCUT2D eigenvalue weighted by Gasteiger charge is -2.31. The van der Waals surface area contributed by atoms with Crippen LogP contribution < -0.4 is 5.73 Å². The zero-order valence-corrected chi connectivity index (χ0v) is 8.76. The predicted octanol–water partition coefficient (Wildman–Crippen LogP) is 3.58. The van der Waals surface area contributed by atoms with Gasteiger partial charge < -0.3 is 5.73 Å². The van der Waals surface area contributed by atoms with Crippen LogP contribution in [0.4, 0.5) is 30.7 Å². The Bertz CT molecular complexity index is 370. The number of nitrogens with two attached hydrogens (primary N) is 1. The fraction of sp³-hybridized carbons (Fsp3) is 0.500. The summed E-state index contributed by atoms with van der Waals surface area (Å²) >= 11 is 0.863. The Morgan fingerprint density at radius 2 is 1.59 bits per heavy atom. The highest BCUT2D eigenvalue weighted by atomic mass is 32.1. The van der Waals surface area contributed by atoms with E-state index in [2.05, 4.69) is 0 Å². The molecule has 17 heavy (non-hydrogen) atoms. The first-order valence-electron chi connectivity index (χ1n) is 4.12. The summed E-state index contributed by atoms with van der Waals surface area (Å²) in [6.45, 7) is 0. The van der Waals surface area contributed by atoms with E-state index in [0.29, 0.717) is 0 Å². The normalized spacial score (nSPS) is 16.0. The molecule has 1 atom stereocenters. The third-order valence-corrected chi connectivity index (χ3v) is 2.77. The minimum absolute atomic E-state index is 0.469. The first kappa shape index (κ1) is 14.2. The highest BCUT2D eigenvalue weighted by Gasteiger charge is 2.74. The molecule has 0 fully saturated rings. The number of alkyl halides is 7. The lowest BCUT2D eigenvalue weighted by Crippen LogP contribution is -2.56. The van der Waals surface area contributed by atoms with Gasteiger partial charge in [-0.25, -0.2) is 0 Å². The van der Waals surface area contributed by atoms with E-state index < -0.39 is 29.6 Å². The quantitative estimate of drug-likeness (QED) is 0.842. The van der Waals surface area contributed by atoms with Crippen molar-refractivity contribution in [1.82, 2.24) is 0 Å². The standard InChI is InChI=1S/C8H6F7NS/c9-6(10,7(11,12)8(13,14)15)5(16)4-1-2-17-3-4/h1-3,5H,16H2/t5-/m0/s1. The van der Waals surface area contributed by atoms with Crippen molar-refractivity contribution in [1.29, 1.82) is 0 Å². The minimum Gasteiger partial charge on any atom is -0.319 e. The van der Waals surface area contributed by atoms with Crippen molar-refractivity contribution in [3.63, 3.8) is 0 Å². The second kappa shape index (κ2) is 4.13. The molecule has 1 rings (SSSR count). The Balaban J connectivity index is 3.11. The van der Waals surface area contributed by atoms with Crippen molar-refractivity contribution < 1.29 is 30.7 Å². The van der Waals surface area contributed by atoms with Crippen molar-refractivity contribution in [2.24, 2.45) is 5.73 Å². The van der Waals surface area contributed by atoms with Crippen LogP contribution in [-0.2, 0) is 0 Å². The number of hydrogen-bond acceptors (Lipinski definition) is 2. The molecule has 0 unspecified atom stereocenters. The molecule has 1 aromatic heterocycles. The second-order valence-electron chi connectivity index (χ2n) is 3.23. The van der Waals surface area contributed by atoms with Gasteiger partial charge in [0.1, 0.15) is 6.04 Å². The fourth-order valence-electron chi connectivity index (χ4n) is 1.05. The lowest BCUT2D eigenvalue weighted by molar-refractivity contribution is -0.359. The second-order valence-corrected chi connectivity index (χ2v) is 4.01. The molecule has 0 aliphatic rings. The van der Waals surface area contributed by atoms with Crippen molar-refractivity contribution in [2.45, 2.75) is 24.1 Å². The van der Waals surface area contributed by atoms with Crippen molar-refractivity contribution in [3.8, 4) is 0 Å². The summed E-state index contributed by atoms with van der Waals surface area (Å²) in [5, 5.41) is 2.24. The average molecular weight is 281 g/mol. The summed E-state index contributed by atoms with van der Waals surface area (Å²) in [5.41, 5.74) is 4.31. The lowest BCUT2D eigenvalue weighted by atomic mass is 9.98. The number of rotatable bonds is 3. The minimum atomic E-state index is -6.36. The third kappa shape index (κ3) is 2.25. The van der Waals surface area contributed by atoms with E-state index in [0.717, 1.165) is 22.8 Å². The molecule has 0 radical (unpaired) electrons. The third-order valence-electron chi connectivity index (χ3n) is 2.07. The van der Waals surface area contributed by atoms with Crippen molar-refractivity contribution >= 4 is 11.3 Å². The van der Waals surface area contributed by atoms with Crippen LogP contribution in [0.15, 0.2) is 16.8 Å². The molecule has 1 nitrogen and oxygen atoms in total. The van der Waals surface area contributed by atoms with E-state index in [1.165, 1.54) is 5.38 Å². The summed E-state index contributed by atoms with van der Waals surface area (Å²) in [5.74, 6) is -11.6. The molecule has 0 amide bonds. The Hall–Kier alpha value is -0.830. The van der Waals surface area contributed by atoms with E-state index in [-0.39, 0.29) is 0 Å². The van der Waals surface area contributed by atoms with E-state index in [1.54, 1.807) is 0 Å². The van der Waals surface area contributed by atoms with Gasteiger partial charge in [-0.2, -0.15) is 42.1 Å². The molecule has 9 heteroatoms. The molecular weight excluding hydrogens is 275 g/mol. The summed E-state index contributed by atoms with van der Waals surface area (Å²) in [7, 11) is 0. The topological polar surface area (TPSA) is 26.0 Å². The highest BCUT2D eigenvalue weighted by molar-refractivity contribution is 7.07. The van der Waals surface area contributed by atoms with Crippen LogP contribution in [-0.4, -0.2) is 18.0 Å². The van der Waals surface area contributed by atoms with Crippen LogP contribution >= 0.6 is 11.3 Å². The largest absolute Gasteiger partial charge is 0.459 e. The molecule has 0 aliphatic carbocycles. The van der Waals surface area contributed by atoms with Gasteiger partial charge in [0, 0.05) is 0 Å². The van der Waals surface area contributed by atoms with Gasteiger partial charge in [-0.1, -0.05) is 0 Å². The summed E-state index contributed by atoms with van der Waals surface area (Å²) in [6.07, 6.45) is -6.36. The van der Waals surface area contributed by atoms with Gasteiger partial charge in [0.15, 0.2) is 0 Å². The molecule has 2 N–H and O–H groups in total. The number of thiophene rings is 1. The molecule has 0 aromatic carbocycles. The van der Waals surface area contributed by atoms with E-state index in [4.69, 9.17) is 5.73 Å². The smallest absolute Gasteiger partial charge is 0.319 e. The first-order chi connectivity index (χ1) is 7.52. The van der Waals surface area contributed by atoms with E-state index in [1.807, 2.05) is 0 Å². The number of hydrogen-bond donors (Lipinski definition) is 1. The molecule has 0 saturated carbocycles. The predicted molar refractivity (Wildman–Crippen MR) is 47.2 cm³/mol. The Morgan fingerprint density at radius 1 is 1.06 bits per heavy atom. The molecule has 0 aliphatic heterocycles. The maximum atomic E-state index is 13.1. The average Bonchev–Trinajstić information content (AvgIpc) is 2.66. The maximum absolute atomic E-state index is 13.1. The molecule has 98 valence electrons. The van der Waals surface area contributed by atoms with Gasteiger partial charge in [-0.3, -0.25) is 0 Å². The molecule has 0 saturated heterocycles. The van der Waals surface area contributed by atoms with Gasteiger partial charge in [-0.15, -0.1) is 0 Å². The van der Waals surface area contributed by atoms with Crippen LogP contribution in [0.1, 0.15) is 11.6 Å². The van der Waals surface area contributed by atoms with Crippen molar-refractivity contribution in [3.05, 3.63) is 22.4 Å². The SMILES string of the molecule is N[C@@H](c1ccsc1)C(F)(F)C(F)(F)C(F)(F)F. The van der Waals surface area contributed by atoms with Gasteiger partial charge in [-0.05, 0) is 22.4 Å². The maximum Gasteiger partial charge on any atom is 0.459 e. The molecule has 1 heterocycles. The van der Waals surface area contributed by atoms with Crippen LogP contribution in [0.2, 0.25) is 0 Å². The van der Waals surface area contributed by atoms with Gasteiger partial charge in [0.2, 0.25) is 0 Å². The Morgan fingerprint density at radius 3 is 1.94 bits per heavy atom. The van der Waals surface area contributed by atoms with E-state index in [9.17, 15) is 30.7 Å².